The second kappa shape index (κ2) is 8.16. The third-order valence-corrected chi connectivity index (χ3v) is 4.50. The zero-order chi connectivity index (χ0) is 21.1. The molecule has 6 nitrogen and oxygen atoms in total. The number of pyridine rings is 1. The largest absolute Gasteiger partial charge is 0.457 e. The van der Waals surface area contributed by atoms with E-state index in [4.69, 9.17) is 9.15 Å². The Morgan fingerprint density at radius 1 is 1.13 bits per heavy atom. The maximum Gasteiger partial charge on any atom is 0.342 e. The smallest absolute Gasteiger partial charge is 0.342 e. The van der Waals surface area contributed by atoms with Crippen molar-refractivity contribution in [2.75, 3.05) is 5.32 Å². The fourth-order valence-corrected chi connectivity index (χ4v) is 3.04. The summed E-state index contributed by atoms with van der Waals surface area (Å²) in [5.41, 5.74) is 1.71. The van der Waals surface area contributed by atoms with Crippen molar-refractivity contribution in [2.24, 2.45) is 0 Å². The molecule has 2 heterocycles. The van der Waals surface area contributed by atoms with Crippen LogP contribution in [0.15, 0.2) is 76.1 Å². The van der Waals surface area contributed by atoms with Gasteiger partial charge >= 0.3 is 11.6 Å². The first-order valence-corrected chi connectivity index (χ1v) is 9.18. The number of aromatic nitrogens is 1. The second-order valence-corrected chi connectivity index (χ2v) is 6.67. The molecule has 0 bridgehead atoms. The summed E-state index contributed by atoms with van der Waals surface area (Å²) in [5.74, 6) is -0.962. The van der Waals surface area contributed by atoms with Crippen LogP contribution >= 0.6 is 0 Å². The number of rotatable bonds is 5. The van der Waals surface area contributed by atoms with Crippen molar-refractivity contribution in [2.45, 2.75) is 13.5 Å². The summed E-state index contributed by atoms with van der Waals surface area (Å²) in [4.78, 5) is 28.7. The first-order chi connectivity index (χ1) is 14.5. The molecular formula is C23H17FN2O4. The highest BCUT2D eigenvalue weighted by Gasteiger charge is 2.16. The zero-order valence-electron chi connectivity index (χ0n) is 16.0. The molecule has 2 aromatic carbocycles. The summed E-state index contributed by atoms with van der Waals surface area (Å²) in [6.45, 7) is 1.76. The Morgan fingerprint density at radius 3 is 2.80 bits per heavy atom. The number of esters is 1. The van der Waals surface area contributed by atoms with Crippen LogP contribution in [-0.2, 0) is 11.3 Å². The third-order valence-electron chi connectivity index (χ3n) is 4.50. The molecule has 7 heteroatoms. The van der Waals surface area contributed by atoms with E-state index in [1.165, 1.54) is 30.5 Å². The number of anilines is 2. The van der Waals surface area contributed by atoms with E-state index in [1.807, 2.05) is 19.1 Å². The molecule has 0 spiro atoms. The number of carbonyl (C=O) groups excluding carboxylic acids is 1. The van der Waals surface area contributed by atoms with Crippen molar-refractivity contribution in [3.05, 3.63) is 99.8 Å². The minimum atomic E-state index is -0.657. The lowest BCUT2D eigenvalue weighted by Gasteiger charge is -2.12. The summed E-state index contributed by atoms with van der Waals surface area (Å²) in [5, 5.41) is 3.50. The van der Waals surface area contributed by atoms with Gasteiger partial charge in [-0.25, -0.2) is 19.0 Å². The van der Waals surface area contributed by atoms with Gasteiger partial charge in [-0.05, 0) is 42.8 Å². The van der Waals surface area contributed by atoms with Gasteiger partial charge in [0.15, 0.2) is 0 Å². The number of carbonyl (C=O) groups is 1. The molecule has 0 amide bonds. The van der Waals surface area contributed by atoms with Crippen molar-refractivity contribution in [3.8, 4) is 0 Å². The molecule has 2 aromatic heterocycles. The van der Waals surface area contributed by atoms with Crippen LogP contribution in [0, 0.1) is 12.7 Å². The van der Waals surface area contributed by atoms with Crippen LogP contribution in [0.2, 0.25) is 0 Å². The Bertz CT molecular complexity index is 1300. The van der Waals surface area contributed by atoms with Crippen LogP contribution < -0.4 is 10.9 Å². The van der Waals surface area contributed by atoms with Gasteiger partial charge in [-0.1, -0.05) is 24.3 Å². The molecule has 0 aliphatic carbocycles. The number of halogens is 1. The maximum atomic E-state index is 13.9. The van der Waals surface area contributed by atoms with E-state index < -0.39 is 17.4 Å². The molecule has 30 heavy (non-hydrogen) atoms. The molecule has 0 saturated carbocycles. The number of nitrogens with zero attached hydrogens (tertiary/aromatic N) is 1. The normalized spacial score (nSPS) is 10.7. The van der Waals surface area contributed by atoms with Gasteiger partial charge in [0.25, 0.3) is 0 Å². The van der Waals surface area contributed by atoms with Gasteiger partial charge in [0, 0.05) is 23.2 Å². The Labute approximate surface area is 170 Å². The maximum absolute atomic E-state index is 13.9. The lowest BCUT2D eigenvalue weighted by atomic mass is 10.1. The minimum absolute atomic E-state index is 0.127. The first-order valence-electron chi connectivity index (χ1n) is 9.18. The van der Waals surface area contributed by atoms with Crippen molar-refractivity contribution >= 4 is 28.4 Å². The molecule has 0 aliphatic rings. The van der Waals surface area contributed by atoms with E-state index in [2.05, 4.69) is 10.3 Å². The highest BCUT2D eigenvalue weighted by molar-refractivity contribution is 5.95. The van der Waals surface area contributed by atoms with Crippen molar-refractivity contribution in [3.63, 3.8) is 0 Å². The fourth-order valence-electron chi connectivity index (χ4n) is 3.04. The molecule has 0 saturated heterocycles. The number of ether oxygens (including phenoxy) is 1. The Hall–Kier alpha value is -4.00. The predicted octanol–water partition coefficient (Wildman–Crippen LogP) is 4.74. The number of nitrogens with one attached hydrogen (secondary N) is 1. The Balaban J connectivity index is 1.58. The summed E-state index contributed by atoms with van der Waals surface area (Å²) < 4.78 is 24.6. The second-order valence-electron chi connectivity index (χ2n) is 6.67. The quantitative estimate of drug-likeness (QED) is 0.382. The molecule has 0 radical (unpaired) electrons. The van der Waals surface area contributed by atoms with Gasteiger partial charge in [-0.3, -0.25) is 0 Å². The van der Waals surface area contributed by atoms with Gasteiger partial charge in [-0.2, -0.15) is 0 Å². The Kier molecular flexibility index (Phi) is 5.26. The average molecular weight is 404 g/mol. The highest BCUT2D eigenvalue weighted by atomic mass is 19.1. The topological polar surface area (TPSA) is 81.4 Å². The summed E-state index contributed by atoms with van der Waals surface area (Å²) >= 11 is 0. The van der Waals surface area contributed by atoms with Crippen LogP contribution in [0.5, 0.6) is 0 Å². The molecule has 1 N–H and O–H groups in total. The van der Waals surface area contributed by atoms with Gasteiger partial charge in [0.05, 0.1) is 5.69 Å². The number of para-hydroxylation sites is 1. The Morgan fingerprint density at radius 2 is 1.97 bits per heavy atom. The fraction of sp³-hybridized carbons (Fsp3) is 0.0870. The molecule has 0 aliphatic heterocycles. The molecule has 0 atom stereocenters. The van der Waals surface area contributed by atoms with Gasteiger partial charge in [-0.15, -0.1) is 0 Å². The molecular weight excluding hydrogens is 387 g/mol. The van der Waals surface area contributed by atoms with Crippen LogP contribution in [-0.4, -0.2) is 11.0 Å². The van der Waals surface area contributed by atoms with Crippen LogP contribution in [0.4, 0.5) is 15.9 Å². The number of hydrogen-bond acceptors (Lipinski definition) is 6. The predicted molar refractivity (Wildman–Crippen MR) is 110 cm³/mol. The molecule has 0 unspecified atom stereocenters. The van der Waals surface area contributed by atoms with E-state index in [0.29, 0.717) is 16.5 Å². The number of hydrogen-bond donors (Lipinski definition) is 1. The summed E-state index contributed by atoms with van der Waals surface area (Å²) in [6.07, 6.45) is 1.48. The van der Waals surface area contributed by atoms with E-state index in [1.54, 1.807) is 24.3 Å². The molecule has 0 fully saturated rings. The van der Waals surface area contributed by atoms with Crippen LogP contribution in [0.25, 0.3) is 11.0 Å². The third kappa shape index (κ3) is 4.05. The van der Waals surface area contributed by atoms with Gasteiger partial charge in [0.2, 0.25) is 0 Å². The lowest BCUT2D eigenvalue weighted by Crippen LogP contribution is -2.11. The highest BCUT2D eigenvalue weighted by Crippen LogP contribution is 2.23. The number of fused-ring (bicyclic) bond motifs is 1. The lowest BCUT2D eigenvalue weighted by molar-refractivity contribution is 0.0474. The van der Waals surface area contributed by atoms with Gasteiger partial charge < -0.3 is 14.5 Å². The zero-order valence-corrected chi connectivity index (χ0v) is 16.0. The van der Waals surface area contributed by atoms with Crippen LogP contribution in [0.1, 0.15) is 21.5 Å². The van der Waals surface area contributed by atoms with E-state index in [0.717, 1.165) is 5.56 Å². The van der Waals surface area contributed by atoms with E-state index in [-0.39, 0.29) is 23.7 Å². The van der Waals surface area contributed by atoms with E-state index in [9.17, 15) is 14.0 Å². The molecule has 4 aromatic rings. The van der Waals surface area contributed by atoms with Crippen LogP contribution in [0.3, 0.4) is 0 Å². The standard InChI is InChI=1S/C23H17FN2O4/c1-14-8-9-16-15(12-21(27)30-20(16)11-14)13-29-23(28)17-5-4-10-25-22(17)26-19-7-3-2-6-18(19)24/h2-12H,13H2,1H3,(H,25,26). The van der Waals surface area contributed by atoms with Crippen molar-refractivity contribution in [1.29, 1.82) is 0 Å². The molecule has 4 rings (SSSR count). The number of benzene rings is 2. The molecule has 150 valence electrons. The van der Waals surface area contributed by atoms with Gasteiger partial charge in [0.1, 0.15) is 29.4 Å². The average Bonchev–Trinajstić information content (AvgIpc) is 2.73. The number of aryl methyl sites for hydroxylation is 1. The minimum Gasteiger partial charge on any atom is -0.457 e. The van der Waals surface area contributed by atoms with E-state index >= 15 is 0 Å². The summed E-state index contributed by atoms with van der Waals surface area (Å²) in [7, 11) is 0. The first kappa shape index (κ1) is 19.3. The summed E-state index contributed by atoms with van der Waals surface area (Å²) in [6, 6.07) is 15.9. The monoisotopic (exact) mass is 404 g/mol. The van der Waals surface area contributed by atoms with Crippen molar-refractivity contribution < 1.29 is 18.3 Å². The van der Waals surface area contributed by atoms with Crippen molar-refractivity contribution in [1.82, 2.24) is 4.98 Å². The SMILES string of the molecule is Cc1ccc2c(COC(=O)c3cccnc3Nc3ccccc3F)cc(=O)oc2c1.